The van der Waals surface area contributed by atoms with Crippen molar-refractivity contribution in [2.24, 2.45) is 5.41 Å². The van der Waals surface area contributed by atoms with Gasteiger partial charge in [0.05, 0.1) is 0 Å². The van der Waals surface area contributed by atoms with Crippen molar-refractivity contribution in [3.05, 3.63) is 13.8 Å². The summed E-state index contributed by atoms with van der Waals surface area (Å²) in [4.78, 5) is 2.26. The summed E-state index contributed by atoms with van der Waals surface area (Å²) in [5.41, 5.74) is 0.300. The van der Waals surface area contributed by atoms with Crippen LogP contribution in [0.3, 0.4) is 0 Å². The molecule has 1 fully saturated rings. The summed E-state index contributed by atoms with van der Waals surface area (Å²) in [5, 5.41) is 0. The first-order valence-corrected chi connectivity index (χ1v) is 4.99. The molecule has 13 heavy (non-hydrogen) atoms. The SMILES string of the molecule is CC.CC.[CH2-]CC1([CH2-])CN(C)C1.[Na+]. The Morgan fingerprint density at radius 1 is 1.15 bits per heavy atom. The Bertz CT molecular complexity index is 88.1. The van der Waals surface area contributed by atoms with Gasteiger partial charge in [-0.15, -0.1) is 0 Å². The fraction of sp³-hybridized carbons (Fsp3) is 0.818. The molecule has 0 spiro atoms. The minimum atomic E-state index is 0. The van der Waals surface area contributed by atoms with Crippen molar-refractivity contribution in [3.63, 3.8) is 0 Å². The second-order valence-corrected chi connectivity index (χ2v) is 2.92. The minimum Gasteiger partial charge on any atom is -0.345 e. The minimum absolute atomic E-state index is 0. The van der Waals surface area contributed by atoms with Crippen molar-refractivity contribution in [3.8, 4) is 0 Å². The van der Waals surface area contributed by atoms with Gasteiger partial charge in [-0.3, -0.25) is 0 Å². The van der Waals surface area contributed by atoms with Crippen LogP contribution in [0, 0.1) is 19.3 Å². The Morgan fingerprint density at radius 2 is 1.46 bits per heavy atom. The Balaban J connectivity index is -0.000000178. The van der Waals surface area contributed by atoms with Crippen LogP contribution >= 0.6 is 0 Å². The third-order valence-electron chi connectivity index (χ3n) is 1.74. The Kier molecular flexibility index (Phi) is 16.6. The van der Waals surface area contributed by atoms with Crippen molar-refractivity contribution in [2.75, 3.05) is 20.1 Å². The van der Waals surface area contributed by atoms with E-state index in [0.717, 1.165) is 19.5 Å². The van der Waals surface area contributed by atoms with Crippen LogP contribution in [-0.4, -0.2) is 25.0 Å². The van der Waals surface area contributed by atoms with Crippen LogP contribution in [0.25, 0.3) is 0 Å². The first kappa shape index (κ1) is 19.5. The standard InChI is InChI=1S/C7H13N.2C2H6.Na/c1-4-7(2)5-8(3)6-7;2*1-2;/h1-2,4-6H2,3H3;2*1-2H3;/q-2;;;+1. The van der Waals surface area contributed by atoms with E-state index in [1.165, 1.54) is 0 Å². The van der Waals surface area contributed by atoms with E-state index in [1.54, 1.807) is 0 Å². The number of likely N-dealkylation sites (tertiary alicyclic amines) is 1. The van der Waals surface area contributed by atoms with Gasteiger partial charge >= 0.3 is 29.6 Å². The third-order valence-corrected chi connectivity index (χ3v) is 1.74. The Morgan fingerprint density at radius 3 is 1.54 bits per heavy atom. The normalized spacial score (nSPS) is 17.8. The Hall–Kier alpha value is 0.960. The van der Waals surface area contributed by atoms with Crippen molar-refractivity contribution >= 4 is 0 Å². The van der Waals surface area contributed by atoms with Crippen molar-refractivity contribution < 1.29 is 29.6 Å². The zero-order valence-electron chi connectivity index (χ0n) is 10.5. The fourth-order valence-electron chi connectivity index (χ4n) is 1.26. The van der Waals surface area contributed by atoms with E-state index in [-0.39, 0.29) is 29.6 Å². The van der Waals surface area contributed by atoms with Gasteiger partial charge in [0.25, 0.3) is 0 Å². The maximum atomic E-state index is 4.04. The summed E-state index contributed by atoms with van der Waals surface area (Å²) in [5.74, 6) is 0. The summed E-state index contributed by atoms with van der Waals surface area (Å²) in [6.07, 6.45) is 0.970. The largest absolute Gasteiger partial charge is 1.00 e. The summed E-state index contributed by atoms with van der Waals surface area (Å²) in [6.45, 7) is 18.1. The summed E-state index contributed by atoms with van der Waals surface area (Å²) in [7, 11) is 2.11. The van der Waals surface area contributed by atoms with E-state index in [9.17, 15) is 0 Å². The summed E-state index contributed by atoms with van der Waals surface area (Å²) < 4.78 is 0. The van der Waals surface area contributed by atoms with Crippen LogP contribution in [0.5, 0.6) is 0 Å². The third kappa shape index (κ3) is 7.99. The molecule has 0 aliphatic carbocycles. The molecule has 0 atom stereocenters. The fourth-order valence-corrected chi connectivity index (χ4v) is 1.26. The van der Waals surface area contributed by atoms with Gasteiger partial charge in [0.1, 0.15) is 0 Å². The van der Waals surface area contributed by atoms with E-state index in [1.807, 2.05) is 27.7 Å². The maximum absolute atomic E-state index is 4.04. The average molecular weight is 194 g/mol. The molecule has 1 heterocycles. The van der Waals surface area contributed by atoms with Crippen LogP contribution in [0.15, 0.2) is 0 Å². The van der Waals surface area contributed by atoms with E-state index in [2.05, 4.69) is 25.8 Å². The average Bonchev–Trinajstić information content (AvgIpc) is 2.09. The first-order chi connectivity index (χ1) is 5.66. The van der Waals surface area contributed by atoms with Crippen LogP contribution in [0.1, 0.15) is 34.1 Å². The second kappa shape index (κ2) is 11.0. The van der Waals surface area contributed by atoms with Gasteiger partial charge in [-0.05, 0) is 20.1 Å². The molecule has 1 aliphatic heterocycles. The molecule has 0 unspecified atom stereocenters. The molecule has 1 rings (SSSR count). The van der Waals surface area contributed by atoms with Crippen LogP contribution in [-0.2, 0) is 0 Å². The molecule has 0 radical (unpaired) electrons. The maximum Gasteiger partial charge on any atom is 1.00 e. The summed E-state index contributed by atoms with van der Waals surface area (Å²) >= 11 is 0. The number of nitrogens with zero attached hydrogens (tertiary/aromatic N) is 1. The predicted octanol–water partition coefficient (Wildman–Crippen LogP) is 0.0329. The monoisotopic (exact) mass is 194 g/mol. The van der Waals surface area contributed by atoms with Gasteiger partial charge in [0, 0.05) is 0 Å². The molecule has 0 aromatic heterocycles. The van der Waals surface area contributed by atoms with E-state index in [4.69, 9.17) is 0 Å². The molecule has 0 N–H and O–H groups in total. The molecule has 0 bridgehead atoms. The topological polar surface area (TPSA) is 3.24 Å². The molecule has 0 aromatic rings. The smallest absolute Gasteiger partial charge is 0.345 e. The zero-order chi connectivity index (χ0) is 10.2. The molecule has 76 valence electrons. The van der Waals surface area contributed by atoms with Gasteiger partial charge in [-0.2, -0.15) is 5.41 Å². The molecular weight excluding hydrogens is 169 g/mol. The number of rotatable bonds is 1. The molecule has 2 heteroatoms. The molecule has 1 saturated heterocycles. The van der Waals surface area contributed by atoms with Crippen molar-refractivity contribution in [1.82, 2.24) is 4.90 Å². The van der Waals surface area contributed by atoms with Crippen LogP contribution < -0.4 is 29.6 Å². The van der Waals surface area contributed by atoms with Crippen LogP contribution in [0.4, 0.5) is 0 Å². The Labute approximate surface area is 108 Å². The zero-order valence-corrected chi connectivity index (χ0v) is 12.5. The van der Waals surface area contributed by atoms with Gasteiger partial charge in [0.2, 0.25) is 0 Å². The van der Waals surface area contributed by atoms with Crippen molar-refractivity contribution in [2.45, 2.75) is 34.1 Å². The van der Waals surface area contributed by atoms with E-state index < -0.39 is 0 Å². The van der Waals surface area contributed by atoms with Gasteiger partial charge in [-0.1, -0.05) is 27.7 Å². The first-order valence-electron chi connectivity index (χ1n) is 4.99. The predicted molar refractivity (Wildman–Crippen MR) is 58.0 cm³/mol. The number of hydrogen-bond donors (Lipinski definition) is 0. The molecule has 0 saturated carbocycles. The quantitative estimate of drug-likeness (QED) is 0.421. The second-order valence-electron chi connectivity index (χ2n) is 2.92. The molecule has 0 aromatic carbocycles. The van der Waals surface area contributed by atoms with Gasteiger partial charge in [-0.25, -0.2) is 6.42 Å². The van der Waals surface area contributed by atoms with Gasteiger partial charge in [0.15, 0.2) is 0 Å². The van der Waals surface area contributed by atoms with E-state index in [0.29, 0.717) is 5.41 Å². The van der Waals surface area contributed by atoms with Crippen molar-refractivity contribution in [1.29, 1.82) is 0 Å². The van der Waals surface area contributed by atoms with Crippen LogP contribution in [0.2, 0.25) is 0 Å². The van der Waals surface area contributed by atoms with E-state index >= 15 is 0 Å². The summed E-state index contributed by atoms with van der Waals surface area (Å²) in [6, 6.07) is 0. The number of hydrogen-bond acceptors (Lipinski definition) is 1. The molecule has 0 amide bonds. The molecular formula is C11H25NNa-. The van der Waals surface area contributed by atoms with Gasteiger partial charge < -0.3 is 18.7 Å². The molecule has 1 aliphatic rings. The molecule has 1 nitrogen and oxygen atoms in total.